The Balaban J connectivity index is 1.76. The lowest BCUT2D eigenvalue weighted by atomic mass is 10.0. The van der Waals surface area contributed by atoms with Gasteiger partial charge in [-0.15, -0.1) is 0 Å². The number of aryl methyl sites for hydroxylation is 1. The first-order valence-corrected chi connectivity index (χ1v) is 7.79. The van der Waals surface area contributed by atoms with E-state index >= 15 is 0 Å². The van der Waals surface area contributed by atoms with Crippen LogP contribution in [-0.2, 0) is 11.3 Å². The van der Waals surface area contributed by atoms with Gasteiger partial charge in [0.1, 0.15) is 11.6 Å². The zero-order valence-electron chi connectivity index (χ0n) is 13.8. The summed E-state index contributed by atoms with van der Waals surface area (Å²) < 4.78 is 5.47. The van der Waals surface area contributed by atoms with Crippen molar-refractivity contribution in [3.8, 4) is 0 Å². The minimum absolute atomic E-state index is 0.377. The van der Waals surface area contributed by atoms with E-state index in [9.17, 15) is 0 Å². The van der Waals surface area contributed by atoms with Crippen LogP contribution in [-0.4, -0.2) is 47.2 Å². The van der Waals surface area contributed by atoms with E-state index in [2.05, 4.69) is 36.2 Å². The maximum atomic E-state index is 5.47. The molecule has 7 heteroatoms. The van der Waals surface area contributed by atoms with Crippen LogP contribution in [0.15, 0.2) is 18.5 Å². The molecule has 7 nitrogen and oxygen atoms in total. The normalized spacial score (nSPS) is 17.3. The second-order valence-electron chi connectivity index (χ2n) is 5.78. The number of hydrogen-bond acceptors (Lipinski definition) is 7. The number of nitrogens with zero attached hydrogens (tertiary/aromatic N) is 5. The lowest BCUT2D eigenvalue weighted by Crippen LogP contribution is -2.19. The number of rotatable bonds is 5. The summed E-state index contributed by atoms with van der Waals surface area (Å²) in [7, 11) is 3.82. The summed E-state index contributed by atoms with van der Waals surface area (Å²) in [5, 5.41) is 2.92. The van der Waals surface area contributed by atoms with Gasteiger partial charge in [-0.2, -0.15) is 0 Å². The van der Waals surface area contributed by atoms with Gasteiger partial charge in [-0.1, -0.05) is 0 Å². The van der Waals surface area contributed by atoms with Gasteiger partial charge in [0.05, 0.1) is 12.3 Å². The Labute approximate surface area is 136 Å². The zero-order valence-corrected chi connectivity index (χ0v) is 13.8. The molecule has 1 atom stereocenters. The van der Waals surface area contributed by atoms with Crippen LogP contribution in [0, 0.1) is 6.92 Å². The summed E-state index contributed by atoms with van der Waals surface area (Å²) in [5.41, 5.74) is 2.10. The first-order valence-electron chi connectivity index (χ1n) is 7.79. The van der Waals surface area contributed by atoms with Crippen LogP contribution >= 0.6 is 0 Å². The van der Waals surface area contributed by atoms with Crippen molar-refractivity contribution in [1.82, 2.24) is 19.9 Å². The predicted octanol–water partition coefficient (Wildman–Crippen LogP) is 1.76. The van der Waals surface area contributed by atoms with E-state index in [1.54, 1.807) is 7.05 Å². The van der Waals surface area contributed by atoms with E-state index in [0.717, 1.165) is 42.5 Å². The van der Waals surface area contributed by atoms with Crippen LogP contribution in [0.5, 0.6) is 0 Å². The molecule has 3 heterocycles. The highest BCUT2D eigenvalue weighted by molar-refractivity contribution is 5.41. The molecular weight excluding hydrogens is 292 g/mol. The molecular formula is C16H22N6O. The molecule has 1 saturated heterocycles. The van der Waals surface area contributed by atoms with Gasteiger partial charge in [0.15, 0.2) is 0 Å². The number of aromatic nitrogens is 4. The fourth-order valence-corrected chi connectivity index (χ4v) is 2.67. The Kier molecular flexibility index (Phi) is 4.66. The Morgan fingerprint density at radius 2 is 2.09 bits per heavy atom. The minimum atomic E-state index is 0.377. The molecule has 0 aromatic carbocycles. The quantitative estimate of drug-likeness (QED) is 0.901. The van der Waals surface area contributed by atoms with Crippen molar-refractivity contribution >= 4 is 11.8 Å². The average Bonchev–Trinajstić information content (AvgIpc) is 3.09. The van der Waals surface area contributed by atoms with Crippen molar-refractivity contribution in [3.05, 3.63) is 35.5 Å². The molecule has 3 rings (SSSR count). The van der Waals surface area contributed by atoms with Crippen molar-refractivity contribution < 1.29 is 4.74 Å². The van der Waals surface area contributed by atoms with Gasteiger partial charge in [-0.05, 0) is 13.3 Å². The molecule has 2 aromatic rings. The lowest BCUT2D eigenvalue weighted by Gasteiger charge is -2.20. The molecule has 0 radical (unpaired) electrons. The summed E-state index contributed by atoms with van der Waals surface area (Å²) in [4.78, 5) is 19.7. The molecule has 122 valence electrons. The average molecular weight is 314 g/mol. The molecule has 0 bridgehead atoms. The van der Waals surface area contributed by atoms with E-state index in [-0.39, 0.29) is 0 Å². The molecule has 0 unspecified atom stereocenters. The molecule has 0 aliphatic carbocycles. The Bertz CT molecular complexity index is 654. The summed E-state index contributed by atoms with van der Waals surface area (Å²) >= 11 is 0. The third-order valence-corrected chi connectivity index (χ3v) is 3.93. The summed E-state index contributed by atoms with van der Waals surface area (Å²) in [6.45, 7) is 4.19. The van der Waals surface area contributed by atoms with Gasteiger partial charge in [0, 0.05) is 57.2 Å². The Hall–Kier alpha value is -2.28. The minimum Gasteiger partial charge on any atom is -0.381 e. The van der Waals surface area contributed by atoms with Crippen molar-refractivity contribution in [2.45, 2.75) is 25.8 Å². The monoisotopic (exact) mass is 314 g/mol. The van der Waals surface area contributed by atoms with Crippen LogP contribution in [0.3, 0.4) is 0 Å². The largest absolute Gasteiger partial charge is 0.381 e. The molecule has 1 N–H and O–H groups in total. The Morgan fingerprint density at radius 3 is 2.74 bits per heavy atom. The molecule has 0 spiro atoms. The van der Waals surface area contributed by atoms with Crippen LogP contribution < -0.4 is 10.2 Å². The van der Waals surface area contributed by atoms with Crippen molar-refractivity contribution in [3.63, 3.8) is 0 Å². The first-order chi connectivity index (χ1) is 11.2. The van der Waals surface area contributed by atoms with E-state index in [1.807, 2.05) is 26.4 Å². The predicted molar refractivity (Wildman–Crippen MR) is 88.6 cm³/mol. The van der Waals surface area contributed by atoms with Gasteiger partial charge in [-0.25, -0.2) is 19.9 Å². The highest BCUT2D eigenvalue weighted by Gasteiger charge is 2.21. The third-order valence-electron chi connectivity index (χ3n) is 3.93. The molecule has 0 amide bonds. The summed E-state index contributed by atoms with van der Waals surface area (Å²) in [6, 6.07) is 2.06. The van der Waals surface area contributed by atoms with Crippen molar-refractivity contribution in [2.24, 2.45) is 0 Å². The summed E-state index contributed by atoms with van der Waals surface area (Å²) in [5.74, 6) is 2.70. The lowest BCUT2D eigenvalue weighted by molar-refractivity contribution is 0.193. The zero-order chi connectivity index (χ0) is 16.2. The maximum absolute atomic E-state index is 5.47. The molecule has 1 aliphatic rings. The SMILES string of the molecule is CNc1ncc(CN(C)c2cc([C@H]3CCOC3)nc(C)n2)cn1. The van der Waals surface area contributed by atoms with Gasteiger partial charge in [-0.3, -0.25) is 0 Å². The number of hydrogen-bond donors (Lipinski definition) is 1. The molecule has 1 fully saturated rings. The Morgan fingerprint density at radius 1 is 1.30 bits per heavy atom. The van der Waals surface area contributed by atoms with Crippen LogP contribution in [0.1, 0.15) is 29.4 Å². The van der Waals surface area contributed by atoms with Gasteiger partial charge < -0.3 is 15.0 Å². The van der Waals surface area contributed by atoms with Gasteiger partial charge in [0.2, 0.25) is 5.95 Å². The molecule has 23 heavy (non-hydrogen) atoms. The highest BCUT2D eigenvalue weighted by Crippen LogP contribution is 2.26. The van der Waals surface area contributed by atoms with Crippen LogP contribution in [0.25, 0.3) is 0 Å². The van der Waals surface area contributed by atoms with Crippen molar-refractivity contribution in [1.29, 1.82) is 0 Å². The van der Waals surface area contributed by atoms with Crippen molar-refractivity contribution in [2.75, 3.05) is 37.5 Å². The van der Waals surface area contributed by atoms with E-state index in [0.29, 0.717) is 18.4 Å². The topological polar surface area (TPSA) is 76.1 Å². The molecule has 0 saturated carbocycles. The number of ether oxygens (including phenoxy) is 1. The second-order valence-corrected chi connectivity index (χ2v) is 5.78. The van der Waals surface area contributed by atoms with E-state index in [4.69, 9.17) is 4.74 Å². The molecule has 2 aromatic heterocycles. The second kappa shape index (κ2) is 6.87. The standard InChI is InChI=1S/C16H22N6O/c1-11-20-14(13-4-5-23-10-13)6-15(21-11)22(3)9-12-7-18-16(17-2)19-8-12/h6-8,13H,4-5,9-10H2,1-3H3,(H,17,18,19)/t13-/m0/s1. The maximum Gasteiger partial charge on any atom is 0.222 e. The highest BCUT2D eigenvalue weighted by atomic mass is 16.5. The smallest absolute Gasteiger partial charge is 0.222 e. The van der Waals surface area contributed by atoms with Gasteiger partial charge >= 0.3 is 0 Å². The van der Waals surface area contributed by atoms with E-state index < -0.39 is 0 Å². The van der Waals surface area contributed by atoms with Crippen LogP contribution in [0.2, 0.25) is 0 Å². The third kappa shape index (κ3) is 3.73. The summed E-state index contributed by atoms with van der Waals surface area (Å²) in [6.07, 6.45) is 4.68. The first kappa shape index (κ1) is 15.6. The van der Waals surface area contributed by atoms with E-state index in [1.165, 1.54) is 0 Å². The number of anilines is 2. The van der Waals surface area contributed by atoms with Gasteiger partial charge in [0.25, 0.3) is 0 Å². The van der Waals surface area contributed by atoms with Crippen LogP contribution in [0.4, 0.5) is 11.8 Å². The number of nitrogens with one attached hydrogen (secondary N) is 1. The molecule has 1 aliphatic heterocycles. The fourth-order valence-electron chi connectivity index (χ4n) is 2.67. The fraction of sp³-hybridized carbons (Fsp3) is 0.500.